The van der Waals surface area contributed by atoms with Crippen LogP contribution in [0.2, 0.25) is 5.02 Å². The molecule has 0 spiro atoms. The predicted molar refractivity (Wildman–Crippen MR) is 102 cm³/mol. The second-order valence-corrected chi connectivity index (χ2v) is 7.75. The molecule has 3 unspecified atom stereocenters. The summed E-state index contributed by atoms with van der Waals surface area (Å²) in [6.07, 6.45) is 14.6. The Morgan fingerprint density at radius 1 is 1.23 bits per heavy atom. The molecule has 2 fully saturated rings. The van der Waals surface area contributed by atoms with Crippen molar-refractivity contribution in [2.45, 2.75) is 37.6 Å². The van der Waals surface area contributed by atoms with Crippen LogP contribution in [0.25, 0.3) is 11.4 Å². The van der Waals surface area contributed by atoms with Crippen LogP contribution in [-0.2, 0) is 0 Å². The van der Waals surface area contributed by atoms with Gasteiger partial charge in [0.25, 0.3) is 5.91 Å². The lowest BCUT2D eigenvalue weighted by atomic mass is 9.74. The van der Waals surface area contributed by atoms with Crippen LogP contribution in [-0.4, -0.2) is 21.4 Å². The molecule has 3 atom stereocenters. The van der Waals surface area contributed by atoms with E-state index in [1.165, 1.54) is 12.8 Å². The van der Waals surface area contributed by atoms with Crippen molar-refractivity contribution in [3.8, 4) is 23.7 Å². The van der Waals surface area contributed by atoms with Gasteiger partial charge in [-0.3, -0.25) is 14.8 Å². The van der Waals surface area contributed by atoms with Gasteiger partial charge in [0.1, 0.15) is 11.4 Å². The van der Waals surface area contributed by atoms with Crippen LogP contribution in [0.4, 0.5) is 0 Å². The van der Waals surface area contributed by atoms with E-state index in [0.29, 0.717) is 10.6 Å². The summed E-state index contributed by atoms with van der Waals surface area (Å²) in [5, 5.41) is 3.81. The third-order valence-corrected chi connectivity index (χ3v) is 5.98. The van der Waals surface area contributed by atoms with Gasteiger partial charge in [-0.2, -0.15) is 0 Å². The molecule has 0 saturated heterocycles. The van der Waals surface area contributed by atoms with Crippen molar-refractivity contribution in [3.63, 3.8) is 0 Å². The minimum absolute atomic E-state index is 0.0599. The summed E-state index contributed by atoms with van der Waals surface area (Å²) < 4.78 is 0. The van der Waals surface area contributed by atoms with Crippen molar-refractivity contribution in [1.29, 1.82) is 0 Å². The number of halogens is 1. The number of aromatic nitrogens is 2. The van der Waals surface area contributed by atoms with Crippen LogP contribution in [0.5, 0.6) is 0 Å². The summed E-state index contributed by atoms with van der Waals surface area (Å²) in [4.78, 5) is 20.2. The number of carbonyl (C=O) groups is 1. The van der Waals surface area contributed by atoms with Crippen molar-refractivity contribution >= 4 is 17.5 Å². The summed E-state index contributed by atoms with van der Waals surface area (Å²) in [6, 6.07) is 7.06. The van der Waals surface area contributed by atoms with Gasteiger partial charge in [-0.1, -0.05) is 17.7 Å². The highest BCUT2D eigenvalue weighted by Gasteiger charge is 2.48. The molecule has 0 radical (unpaired) electrons. The molecule has 1 N–H and O–H groups in total. The Morgan fingerprint density at radius 2 is 2.00 bits per heavy atom. The summed E-state index contributed by atoms with van der Waals surface area (Å²) in [6.45, 7) is 0. The molecular formula is C21H20ClN3O. The number of hydrogen-bond donors (Lipinski definition) is 1. The number of hydrogen-bond acceptors (Lipinski definition) is 3. The number of fused-ring (bicyclic) bond motifs is 3. The summed E-state index contributed by atoms with van der Waals surface area (Å²) >= 11 is 5.95. The van der Waals surface area contributed by atoms with Gasteiger partial charge in [0.2, 0.25) is 0 Å². The van der Waals surface area contributed by atoms with Crippen LogP contribution in [0.3, 0.4) is 0 Å². The fourth-order valence-electron chi connectivity index (χ4n) is 4.25. The Hall–Kier alpha value is -2.38. The van der Waals surface area contributed by atoms with Gasteiger partial charge in [0, 0.05) is 16.5 Å². The summed E-state index contributed by atoms with van der Waals surface area (Å²) in [5.41, 5.74) is 2.54. The highest BCUT2D eigenvalue weighted by atomic mass is 35.5. The van der Waals surface area contributed by atoms with Crippen molar-refractivity contribution in [3.05, 3.63) is 47.2 Å². The lowest BCUT2D eigenvalue weighted by molar-refractivity contribution is 0.0850. The first kappa shape index (κ1) is 17.1. The standard InChI is InChI=1S/C17H18ClNO.C4H2N2/c1-2-14-7-6-12-8-9-17(14,11-12)19-16(20)13-4-3-5-15(18)10-13;1-3-4(5-1)2-6-3/h1,3-5,10,12,14H,6-9,11H2,(H,19,20);1-2H. The average Bonchev–Trinajstić information content (AvgIpc) is 2.95. The Bertz CT molecular complexity index is 853. The van der Waals surface area contributed by atoms with Crippen LogP contribution in [0.1, 0.15) is 42.5 Å². The first-order chi connectivity index (χ1) is 12.6. The van der Waals surface area contributed by atoms with Gasteiger partial charge in [-0.15, -0.1) is 12.3 Å². The first-order valence-electron chi connectivity index (χ1n) is 8.96. The fraction of sp³-hybridized carbons (Fsp3) is 0.381. The molecule has 2 saturated carbocycles. The second kappa shape index (κ2) is 6.74. The molecule has 2 aliphatic carbocycles. The van der Waals surface area contributed by atoms with Crippen molar-refractivity contribution in [2.24, 2.45) is 11.8 Å². The molecule has 2 heterocycles. The van der Waals surface area contributed by atoms with Crippen molar-refractivity contribution < 1.29 is 4.79 Å². The van der Waals surface area contributed by atoms with E-state index < -0.39 is 0 Å². The van der Waals surface area contributed by atoms with Gasteiger partial charge in [-0.25, -0.2) is 0 Å². The Balaban J connectivity index is 0.000000233. The SMILES string of the molecule is C#CC1CCC2CCC1(NC(=O)c1cccc(Cl)c1)C2.c1nc2cnc1-2. The molecule has 4 aliphatic rings. The van der Waals surface area contributed by atoms with Crippen LogP contribution < -0.4 is 5.32 Å². The van der Waals surface area contributed by atoms with E-state index in [-0.39, 0.29) is 17.4 Å². The number of benzene rings is 1. The number of rotatable bonds is 2. The molecule has 1 aromatic rings. The number of terminal acetylenes is 1. The smallest absolute Gasteiger partial charge is 0.251 e. The third-order valence-electron chi connectivity index (χ3n) is 5.75. The molecule has 2 bridgehead atoms. The Morgan fingerprint density at radius 3 is 2.58 bits per heavy atom. The number of nitrogens with one attached hydrogen (secondary N) is 1. The van der Waals surface area contributed by atoms with E-state index >= 15 is 0 Å². The average molecular weight is 366 g/mol. The Kier molecular flexibility index (Phi) is 4.42. The lowest BCUT2D eigenvalue weighted by Gasteiger charge is -2.39. The zero-order valence-electron chi connectivity index (χ0n) is 14.4. The lowest BCUT2D eigenvalue weighted by Crippen LogP contribution is -2.53. The van der Waals surface area contributed by atoms with Crippen molar-refractivity contribution in [2.75, 3.05) is 0 Å². The number of nitrogens with zero attached hydrogens (tertiary/aromatic N) is 2. The maximum absolute atomic E-state index is 12.5. The minimum atomic E-state index is -0.197. The van der Waals surface area contributed by atoms with E-state index in [1.54, 1.807) is 36.7 Å². The highest BCUT2D eigenvalue weighted by molar-refractivity contribution is 6.30. The molecule has 1 amide bonds. The van der Waals surface area contributed by atoms with Gasteiger partial charge in [-0.05, 0) is 56.2 Å². The number of amides is 1. The topological polar surface area (TPSA) is 54.9 Å². The molecule has 26 heavy (non-hydrogen) atoms. The van der Waals surface area contributed by atoms with Crippen LogP contribution in [0.15, 0.2) is 36.7 Å². The molecule has 2 aliphatic heterocycles. The maximum Gasteiger partial charge on any atom is 0.251 e. The Labute approximate surface area is 158 Å². The summed E-state index contributed by atoms with van der Waals surface area (Å²) in [5.74, 6) is 3.72. The van der Waals surface area contributed by atoms with E-state index in [4.69, 9.17) is 18.0 Å². The molecule has 132 valence electrons. The maximum atomic E-state index is 12.5. The van der Waals surface area contributed by atoms with Crippen LogP contribution >= 0.6 is 11.6 Å². The van der Waals surface area contributed by atoms with Crippen LogP contribution in [0, 0.1) is 24.2 Å². The van der Waals surface area contributed by atoms with E-state index in [0.717, 1.165) is 36.6 Å². The van der Waals surface area contributed by atoms with Gasteiger partial charge in [0.15, 0.2) is 0 Å². The molecular weight excluding hydrogens is 346 g/mol. The van der Waals surface area contributed by atoms with E-state index in [9.17, 15) is 4.79 Å². The number of carbonyl (C=O) groups excluding carboxylic acids is 1. The zero-order valence-corrected chi connectivity index (χ0v) is 15.2. The van der Waals surface area contributed by atoms with Gasteiger partial charge >= 0.3 is 0 Å². The quantitative estimate of drug-likeness (QED) is 0.695. The minimum Gasteiger partial charge on any atom is -0.345 e. The normalized spacial score (nSPS) is 26.9. The zero-order chi connectivity index (χ0) is 18.1. The molecule has 5 heteroatoms. The predicted octanol–water partition coefficient (Wildman–Crippen LogP) is 4.11. The van der Waals surface area contributed by atoms with Crippen molar-refractivity contribution in [1.82, 2.24) is 15.3 Å². The third kappa shape index (κ3) is 3.08. The molecule has 5 rings (SSSR count). The molecule has 0 aromatic heterocycles. The van der Waals surface area contributed by atoms with Gasteiger partial charge < -0.3 is 5.32 Å². The highest BCUT2D eigenvalue weighted by Crippen LogP contribution is 2.48. The monoisotopic (exact) mass is 365 g/mol. The van der Waals surface area contributed by atoms with E-state index in [1.807, 2.05) is 0 Å². The largest absolute Gasteiger partial charge is 0.345 e. The van der Waals surface area contributed by atoms with Gasteiger partial charge in [0.05, 0.1) is 17.9 Å². The first-order valence-corrected chi connectivity index (χ1v) is 9.34. The summed E-state index contributed by atoms with van der Waals surface area (Å²) in [7, 11) is 0. The fourth-order valence-corrected chi connectivity index (χ4v) is 4.44. The molecule has 4 nitrogen and oxygen atoms in total. The second-order valence-electron chi connectivity index (χ2n) is 7.31. The van der Waals surface area contributed by atoms with E-state index in [2.05, 4.69) is 21.2 Å². The molecule has 1 aromatic carbocycles.